The second-order valence-electron chi connectivity index (χ2n) is 7.02. The van der Waals surface area contributed by atoms with E-state index in [0.29, 0.717) is 23.3 Å². The van der Waals surface area contributed by atoms with Gasteiger partial charge in [-0.3, -0.25) is 4.79 Å². The first-order chi connectivity index (χ1) is 13.6. The molecule has 1 aliphatic heterocycles. The zero-order valence-electron chi connectivity index (χ0n) is 15.8. The van der Waals surface area contributed by atoms with E-state index in [2.05, 4.69) is 0 Å². The lowest BCUT2D eigenvalue weighted by molar-refractivity contribution is -0.0300. The zero-order valence-corrected chi connectivity index (χ0v) is 15.8. The third-order valence-corrected chi connectivity index (χ3v) is 5.08. The molecule has 4 rings (SSSR count). The Balaban J connectivity index is 1.71. The smallest absolute Gasteiger partial charge is 0.342 e. The van der Waals surface area contributed by atoms with Crippen molar-refractivity contribution < 1.29 is 18.7 Å². The van der Waals surface area contributed by atoms with E-state index < -0.39 is 5.97 Å². The normalized spacial score (nSPS) is 16.8. The fraction of sp³-hybridized carbons (Fsp3) is 0.304. The molecule has 2 heterocycles. The van der Waals surface area contributed by atoms with Gasteiger partial charge in [0, 0.05) is 17.7 Å². The summed E-state index contributed by atoms with van der Waals surface area (Å²) < 4.78 is 17.1. The van der Waals surface area contributed by atoms with Gasteiger partial charge >= 0.3 is 5.97 Å². The first kappa shape index (κ1) is 18.4. The Morgan fingerprint density at radius 1 is 1.11 bits per heavy atom. The molecule has 0 aliphatic carbocycles. The monoisotopic (exact) mass is 378 g/mol. The molecule has 3 aromatic rings. The standard InChI is InChI=1S/C23H22O5/c1-15-20(24)18-11-7-12-19(23(25)27-14-17-10-5-6-13-26-17)22(18)28-21(15)16-8-3-2-4-9-16/h2-4,7-9,11-12,17H,5-6,10,13-14H2,1H3. The molecular weight excluding hydrogens is 356 g/mol. The molecule has 144 valence electrons. The Bertz CT molecular complexity index is 1050. The predicted molar refractivity (Wildman–Crippen MR) is 107 cm³/mol. The van der Waals surface area contributed by atoms with Crippen LogP contribution >= 0.6 is 0 Å². The lowest BCUT2D eigenvalue weighted by Gasteiger charge is -2.22. The van der Waals surface area contributed by atoms with Gasteiger partial charge < -0.3 is 13.9 Å². The summed E-state index contributed by atoms with van der Waals surface area (Å²) in [7, 11) is 0. The Labute approximate surface area is 162 Å². The summed E-state index contributed by atoms with van der Waals surface area (Å²) in [6.07, 6.45) is 2.93. The molecule has 0 bridgehead atoms. The number of hydrogen-bond acceptors (Lipinski definition) is 5. The van der Waals surface area contributed by atoms with Gasteiger partial charge in [0.15, 0.2) is 11.0 Å². The van der Waals surface area contributed by atoms with Crippen LogP contribution in [0.1, 0.15) is 35.2 Å². The highest BCUT2D eigenvalue weighted by atomic mass is 16.6. The second-order valence-corrected chi connectivity index (χ2v) is 7.02. The molecule has 0 N–H and O–H groups in total. The van der Waals surface area contributed by atoms with Gasteiger partial charge in [-0.2, -0.15) is 0 Å². The molecular formula is C23H22O5. The Morgan fingerprint density at radius 3 is 2.68 bits per heavy atom. The number of hydrogen-bond donors (Lipinski definition) is 0. The van der Waals surface area contributed by atoms with Crippen LogP contribution in [0.2, 0.25) is 0 Å². The maximum absolute atomic E-state index is 12.9. The number of rotatable bonds is 4. The van der Waals surface area contributed by atoms with E-state index in [9.17, 15) is 9.59 Å². The molecule has 5 nitrogen and oxygen atoms in total. The second kappa shape index (κ2) is 7.98. The van der Waals surface area contributed by atoms with Crippen LogP contribution in [0.4, 0.5) is 0 Å². The highest BCUT2D eigenvalue weighted by Gasteiger charge is 2.21. The minimum absolute atomic E-state index is 0.0678. The number of esters is 1. The molecule has 0 amide bonds. The lowest BCUT2D eigenvalue weighted by atomic mass is 10.0. The maximum Gasteiger partial charge on any atom is 0.342 e. The lowest BCUT2D eigenvalue weighted by Crippen LogP contribution is -2.26. The van der Waals surface area contributed by atoms with Crippen LogP contribution < -0.4 is 5.43 Å². The zero-order chi connectivity index (χ0) is 19.5. The van der Waals surface area contributed by atoms with Crippen LogP contribution in [0.15, 0.2) is 57.7 Å². The fourth-order valence-corrected chi connectivity index (χ4v) is 3.52. The third kappa shape index (κ3) is 3.58. The topological polar surface area (TPSA) is 65.7 Å². The molecule has 28 heavy (non-hydrogen) atoms. The molecule has 1 fully saturated rings. The first-order valence-electron chi connectivity index (χ1n) is 9.55. The Kier molecular flexibility index (Phi) is 5.26. The van der Waals surface area contributed by atoms with Crippen molar-refractivity contribution in [2.45, 2.75) is 32.3 Å². The molecule has 1 atom stereocenters. The SMILES string of the molecule is Cc1c(-c2ccccc2)oc2c(C(=O)OCC3CCCCO3)cccc2c1=O. The minimum atomic E-state index is -0.509. The number of para-hydroxylation sites is 1. The molecule has 0 spiro atoms. The van der Waals surface area contributed by atoms with Crippen molar-refractivity contribution in [2.24, 2.45) is 0 Å². The van der Waals surface area contributed by atoms with Crippen molar-refractivity contribution in [3.05, 3.63) is 69.9 Å². The van der Waals surface area contributed by atoms with Gasteiger partial charge in [-0.1, -0.05) is 36.4 Å². The van der Waals surface area contributed by atoms with Crippen LogP contribution in [0.3, 0.4) is 0 Å². The third-order valence-electron chi connectivity index (χ3n) is 5.08. The minimum Gasteiger partial charge on any atom is -0.459 e. The van der Waals surface area contributed by atoms with E-state index in [4.69, 9.17) is 13.9 Å². The van der Waals surface area contributed by atoms with Crippen molar-refractivity contribution >= 4 is 16.9 Å². The number of carbonyl (C=O) groups excluding carboxylic acids is 1. The van der Waals surface area contributed by atoms with Crippen LogP contribution in [-0.2, 0) is 9.47 Å². The van der Waals surface area contributed by atoms with Crippen molar-refractivity contribution in [1.29, 1.82) is 0 Å². The van der Waals surface area contributed by atoms with E-state index in [-0.39, 0.29) is 29.3 Å². The van der Waals surface area contributed by atoms with Crippen LogP contribution in [-0.4, -0.2) is 25.3 Å². The van der Waals surface area contributed by atoms with Crippen molar-refractivity contribution in [2.75, 3.05) is 13.2 Å². The molecule has 1 unspecified atom stereocenters. The van der Waals surface area contributed by atoms with E-state index >= 15 is 0 Å². The van der Waals surface area contributed by atoms with Crippen LogP contribution in [0, 0.1) is 6.92 Å². The number of ether oxygens (including phenoxy) is 2. The van der Waals surface area contributed by atoms with Gasteiger partial charge in [0.2, 0.25) is 0 Å². The van der Waals surface area contributed by atoms with E-state index in [1.54, 1.807) is 25.1 Å². The van der Waals surface area contributed by atoms with E-state index in [1.807, 2.05) is 30.3 Å². The molecule has 1 aromatic heterocycles. The first-order valence-corrected chi connectivity index (χ1v) is 9.55. The largest absolute Gasteiger partial charge is 0.459 e. The molecule has 1 saturated heterocycles. The van der Waals surface area contributed by atoms with E-state index in [1.165, 1.54) is 0 Å². The summed E-state index contributed by atoms with van der Waals surface area (Å²) in [6, 6.07) is 14.4. The van der Waals surface area contributed by atoms with Gasteiger partial charge in [-0.05, 0) is 38.3 Å². The molecule has 5 heteroatoms. The summed E-state index contributed by atoms with van der Waals surface area (Å²) in [5.41, 5.74) is 1.66. The van der Waals surface area contributed by atoms with Crippen molar-refractivity contribution in [3.63, 3.8) is 0 Å². The number of benzene rings is 2. The summed E-state index contributed by atoms with van der Waals surface area (Å²) in [6.45, 7) is 2.64. The quantitative estimate of drug-likeness (QED) is 0.626. The highest BCUT2D eigenvalue weighted by molar-refractivity contribution is 6.02. The van der Waals surface area contributed by atoms with Crippen LogP contribution in [0.25, 0.3) is 22.3 Å². The molecule has 0 radical (unpaired) electrons. The fourth-order valence-electron chi connectivity index (χ4n) is 3.52. The molecule has 0 saturated carbocycles. The predicted octanol–water partition coefficient (Wildman–Crippen LogP) is 4.49. The van der Waals surface area contributed by atoms with E-state index in [0.717, 1.165) is 24.8 Å². The van der Waals surface area contributed by atoms with Crippen LogP contribution in [0.5, 0.6) is 0 Å². The summed E-state index contributed by atoms with van der Waals surface area (Å²) in [5.74, 6) is -0.0419. The summed E-state index contributed by atoms with van der Waals surface area (Å²) in [4.78, 5) is 25.6. The average molecular weight is 378 g/mol. The van der Waals surface area contributed by atoms with Crippen molar-refractivity contribution in [1.82, 2.24) is 0 Å². The van der Waals surface area contributed by atoms with Gasteiger partial charge in [-0.25, -0.2) is 4.79 Å². The Hall–Kier alpha value is -2.92. The van der Waals surface area contributed by atoms with Gasteiger partial charge in [-0.15, -0.1) is 0 Å². The summed E-state index contributed by atoms with van der Waals surface area (Å²) >= 11 is 0. The maximum atomic E-state index is 12.9. The Morgan fingerprint density at radius 2 is 1.93 bits per heavy atom. The molecule has 2 aromatic carbocycles. The number of fused-ring (bicyclic) bond motifs is 1. The van der Waals surface area contributed by atoms with Gasteiger partial charge in [0.1, 0.15) is 17.9 Å². The number of carbonyl (C=O) groups is 1. The molecule has 1 aliphatic rings. The summed E-state index contributed by atoms with van der Waals surface area (Å²) in [5, 5.41) is 0.376. The van der Waals surface area contributed by atoms with Gasteiger partial charge in [0.25, 0.3) is 0 Å². The highest BCUT2D eigenvalue weighted by Crippen LogP contribution is 2.27. The van der Waals surface area contributed by atoms with Gasteiger partial charge in [0.05, 0.1) is 11.5 Å². The average Bonchev–Trinajstić information content (AvgIpc) is 2.75. The van der Waals surface area contributed by atoms with Crippen molar-refractivity contribution in [3.8, 4) is 11.3 Å².